The molecular formula is C23H28F3N3O2. The van der Waals surface area contributed by atoms with Gasteiger partial charge in [0.05, 0.1) is 12.5 Å². The van der Waals surface area contributed by atoms with Crippen LogP contribution in [0.4, 0.5) is 24.5 Å². The largest absolute Gasteiger partial charge is 0.391 e. The topological polar surface area (TPSA) is 55.8 Å². The number of aliphatic hydroxyl groups is 1. The van der Waals surface area contributed by atoms with Crippen molar-refractivity contribution in [1.29, 1.82) is 0 Å². The fraction of sp³-hybridized carbons (Fsp3) is 0.435. The molecule has 0 aromatic heterocycles. The molecule has 1 fully saturated rings. The third kappa shape index (κ3) is 6.62. The molecule has 1 aliphatic rings. The maximum Gasteiger partial charge on any atom is 0.390 e. The van der Waals surface area contributed by atoms with Gasteiger partial charge in [-0.15, -0.1) is 0 Å². The molecule has 1 heterocycles. The lowest BCUT2D eigenvalue weighted by atomic mass is 10.1. The minimum atomic E-state index is -4.28. The number of anilines is 2. The van der Waals surface area contributed by atoms with Crippen LogP contribution < -0.4 is 15.1 Å². The first-order chi connectivity index (χ1) is 14.7. The zero-order valence-corrected chi connectivity index (χ0v) is 17.5. The number of carbonyl (C=O) groups is 1. The van der Waals surface area contributed by atoms with E-state index >= 15 is 0 Å². The Labute approximate surface area is 180 Å². The highest BCUT2D eigenvalue weighted by Gasteiger charge is 2.26. The molecule has 2 aromatic rings. The number of hydrogen-bond acceptors (Lipinski definition) is 4. The van der Waals surface area contributed by atoms with E-state index in [-0.39, 0.29) is 6.10 Å². The van der Waals surface area contributed by atoms with Gasteiger partial charge in [0, 0.05) is 50.2 Å². The van der Waals surface area contributed by atoms with Crippen LogP contribution >= 0.6 is 0 Å². The van der Waals surface area contributed by atoms with Crippen LogP contribution in [0.2, 0.25) is 0 Å². The van der Waals surface area contributed by atoms with Gasteiger partial charge in [0.25, 0.3) is 5.91 Å². The summed E-state index contributed by atoms with van der Waals surface area (Å²) in [6, 6.07) is 15.0. The average molecular weight is 435 g/mol. The number of rotatable bonds is 8. The standard InChI is InChI=1S/C23H28F3N3O2/c1-28(14-10-17-4-2-3-5-21(17)29-15-11-20(30)16-29)19-8-6-18(7-9-19)22(31)27-13-12-23(24,25)26/h2-9,20,30H,10-16H2,1H3,(H,27,31)/t20-/m0/s1. The van der Waals surface area contributed by atoms with Gasteiger partial charge in [0.1, 0.15) is 0 Å². The third-order valence-electron chi connectivity index (χ3n) is 5.48. The smallest absolute Gasteiger partial charge is 0.390 e. The van der Waals surface area contributed by atoms with Crippen LogP contribution in [0.15, 0.2) is 48.5 Å². The van der Waals surface area contributed by atoms with Crippen molar-refractivity contribution in [3.63, 3.8) is 0 Å². The number of halogens is 3. The van der Waals surface area contributed by atoms with Crippen molar-refractivity contribution in [3.05, 3.63) is 59.7 Å². The van der Waals surface area contributed by atoms with E-state index in [1.165, 1.54) is 5.56 Å². The van der Waals surface area contributed by atoms with Gasteiger partial charge in [0.15, 0.2) is 0 Å². The lowest BCUT2D eigenvalue weighted by Crippen LogP contribution is -2.28. The van der Waals surface area contributed by atoms with E-state index in [9.17, 15) is 23.1 Å². The van der Waals surface area contributed by atoms with Crippen molar-refractivity contribution in [2.45, 2.75) is 31.5 Å². The number of nitrogens with zero attached hydrogens (tertiary/aromatic N) is 2. The van der Waals surface area contributed by atoms with Gasteiger partial charge in [-0.1, -0.05) is 18.2 Å². The minimum Gasteiger partial charge on any atom is -0.391 e. The van der Waals surface area contributed by atoms with E-state index in [1.54, 1.807) is 24.3 Å². The number of β-amino-alcohol motifs (C(OH)–C–C–N with tert-alkyl or cyclic N) is 1. The molecule has 0 aliphatic carbocycles. The zero-order chi connectivity index (χ0) is 22.4. The van der Waals surface area contributed by atoms with Crippen molar-refractivity contribution in [3.8, 4) is 0 Å². The molecule has 1 atom stereocenters. The quantitative estimate of drug-likeness (QED) is 0.665. The molecule has 2 aromatic carbocycles. The number of hydrogen-bond donors (Lipinski definition) is 2. The number of para-hydroxylation sites is 1. The SMILES string of the molecule is CN(CCc1ccccc1N1CC[C@H](O)C1)c1ccc(C(=O)NCCC(F)(F)F)cc1. The van der Waals surface area contributed by atoms with Gasteiger partial charge in [-0.25, -0.2) is 0 Å². The lowest BCUT2D eigenvalue weighted by molar-refractivity contribution is -0.132. The van der Waals surface area contributed by atoms with E-state index < -0.39 is 25.0 Å². The summed E-state index contributed by atoms with van der Waals surface area (Å²) in [6.07, 6.45) is -4.01. The average Bonchev–Trinajstić information content (AvgIpc) is 3.17. The number of alkyl halides is 3. The van der Waals surface area contributed by atoms with Crippen molar-refractivity contribution >= 4 is 17.3 Å². The molecular weight excluding hydrogens is 407 g/mol. The lowest BCUT2D eigenvalue weighted by Gasteiger charge is -2.24. The predicted octanol–water partition coefficient (Wildman–Crippen LogP) is 3.62. The van der Waals surface area contributed by atoms with Gasteiger partial charge >= 0.3 is 6.18 Å². The summed E-state index contributed by atoms with van der Waals surface area (Å²) in [7, 11) is 1.96. The van der Waals surface area contributed by atoms with Crippen molar-refractivity contribution in [2.24, 2.45) is 0 Å². The fourth-order valence-corrected chi connectivity index (χ4v) is 3.70. The Morgan fingerprint density at radius 2 is 1.90 bits per heavy atom. The van der Waals surface area contributed by atoms with Crippen molar-refractivity contribution in [2.75, 3.05) is 43.0 Å². The Morgan fingerprint density at radius 3 is 2.55 bits per heavy atom. The second kappa shape index (κ2) is 10.0. The highest BCUT2D eigenvalue weighted by molar-refractivity contribution is 5.94. The first kappa shape index (κ1) is 22.9. The molecule has 3 rings (SSSR count). The van der Waals surface area contributed by atoms with E-state index in [4.69, 9.17) is 0 Å². The first-order valence-corrected chi connectivity index (χ1v) is 10.4. The Bertz CT molecular complexity index is 871. The normalized spacial score (nSPS) is 16.4. The van der Waals surface area contributed by atoms with Gasteiger partial charge in [-0.05, 0) is 48.7 Å². The Kier molecular flexibility index (Phi) is 7.43. The van der Waals surface area contributed by atoms with E-state index in [1.807, 2.05) is 19.2 Å². The van der Waals surface area contributed by atoms with Crippen molar-refractivity contribution < 1.29 is 23.1 Å². The Hall–Kier alpha value is -2.74. The second-order valence-corrected chi connectivity index (χ2v) is 7.86. The number of aliphatic hydroxyl groups excluding tert-OH is 1. The monoisotopic (exact) mass is 435 g/mol. The third-order valence-corrected chi connectivity index (χ3v) is 5.48. The molecule has 0 unspecified atom stereocenters. The van der Waals surface area contributed by atoms with Crippen LogP contribution in [0, 0.1) is 0 Å². The molecule has 8 heteroatoms. The molecule has 1 aliphatic heterocycles. The van der Waals surface area contributed by atoms with Gasteiger partial charge in [0.2, 0.25) is 0 Å². The Morgan fingerprint density at radius 1 is 1.19 bits per heavy atom. The number of amides is 1. The summed E-state index contributed by atoms with van der Waals surface area (Å²) in [6.45, 7) is 1.82. The van der Waals surface area contributed by atoms with Gasteiger partial charge < -0.3 is 20.2 Å². The number of nitrogens with one attached hydrogen (secondary N) is 1. The van der Waals surface area contributed by atoms with Gasteiger partial charge in [-0.2, -0.15) is 13.2 Å². The van der Waals surface area contributed by atoms with E-state index in [0.717, 1.165) is 37.3 Å². The minimum absolute atomic E-state index is 0.278. The van der Waals surface area contributed by atoms with Crippen LogP contribution in [0.1, 0.15) is 28.8 Å². The Balaban J connectivity index is 1.55. The molecule has 0 spiro atoms. The molecule has 168 valence electrons. The molecule has 2 N–H and O–H groups in total. The first-order valence-electron chi connectivity index (χ1n) is 10.4. The molecule has 1 saturated heterocycles. The summed E-state index contributed by atoms with van der Waals surface area (Å²) in [5.41, 5.74) is 3.61. The number of carbonyl (C=O) groups excluding carboxylic acids is 1. The summed E-state index contributed by atoms with van der Waals surface area (Å²) in [5, 5.41) is 12.1. The molecule has 0 radical (unpaired) electrons. The maximum atomic E-state index is 12.2. The van der Waals surface area contributed by atoms with E-state index in [2.05, 4.69) is 27.2 Å². The van der Waals surface area contributed by atoms with Crippen LogP contribution in [-0.4, -0.2) is 56.5 Å². The summed E-state index contributed by atoms with van der Waals surface area (Å²) in [5.74, 6) is -0.514. The maximum absolute atomic E-state index is 12.2. The molecule has 1 amide bonds. The summed E-state index contributed by atoms with van der Waals surface area (Å²) < 4.78 is 36.6. The number of benzene rings is 2. The highest BCUT2D eigenvalue weighted by atomic mass is 19.4. The van der Waals surface area contributed by atoms with Crippen LogP contribution in [0.25, 0.3) is 0 Å². The molecule has 0 saturated carbocycles. The molecule has 31 heavy (non-hydrogen) atoms. The summed E-state index contributed by atoms with van der Waals surface area (Å²) >= 11 is 0. The second-order valence-electron chi connectivity index (χ2n) is 7.86. The summed E-state index contributed by atoms with van der Waals surface area (Å²) in [4.78, 5) is 16.3. The zero-order valence-electron chi connectivity index (χ0n) is 17.5. The van der Waals surface area contributed by atoms with Crippen LogP contribution in [-0.2, 0) is 6.42 Å². The van der Waals surface area contributed by atoms with Crippen LogP contribution in [0.3, 0.4) is 0 Å². The van der Waals surface area contributed by atoms with Crippen LogP contribution in [0.5, 0.6) is 0 Å². The predicted molar refractivity (Wildman–Crippen MR) is 116 cm³/mol. The highest BCUT2D eigenvalue weighted by Crippen LogP contribution is 2.26. The number of likely N-dealkylation sites (N-methyl/N-ethyl adjacent to an activating group) is 1. The van der Waals surface area contributed by atoms with Crippen molar-refractivity contribution in [1.82, 2.24) is 5.32 Å². The fourth-order valence-electron chi connectivity index (χ4n) is 3.70. The molecule has 5 nitrogen and oxygen atoms in total. The van der Waals surface area contributed by atoms with E-state index in [0.29, 0.717) is 12.1 Å². The van der Waals surface area contributed by atoms with Gasteiger partial charge in [-0.3, -0.25) is 4.79 Å². The molecule has 0 bridgehead atoms.